The van der Waals surface area contributed by atoms with Crippen molar-refractivity contribution in [2.45, 2.75) is 51.3 Å². The molecule has 1 N–H and O–H groups in total. The summed E-state index contributed by atoms with van der Waals surface area (Å²) in [6, 6.07) is 13.1. The highest BCUT2D eigenvalue weighted by molar-refractivity contribution is 7.92. The van der Waals surface area contributed by atoms with E-state index in [9.17, 15) is 13.2 Å². The Kier molecular flexibility index (Phi) is 9.18. The standard InChI is InChI=1S/C23H31ClN2O3S/c1-4-6-9-19(5-2)16-25-23(27)17-26(21-10-7-8-18(3)15-21)30(28,29)22-13-11-20(24)12-14-22/h7-8,10-15,19H,4-6,9,16-17H2,1-3H3,(H,25,27)/t19-/m1/s1. The van der Waals surface area contributed by atoms with E-state index in [0.717, 1.165) is 35.6 Å². The second kappa shape index (κ2) is 11.4. The highest BCUT2D eigenvalue weighted by atomic mass is 35.5. The molecule has 1 amide bonds. The van der Waals surface area contributed by atoms with Gasteiger partial charge in [0.1, 0.15) is 6.54 Å². The highest BCUT2D eigenvalue weighted by Crippen LogP contribution is 2.25. The largest absolute Gasteiger partial charge is 0.354 e. The maximum atomic E-state index is 13.3. The van der Waals surface area contributed by atoms with Crippen molar-refractivity contribution in [1.82, 2.24) is 5.32 Å². The van der Waals surface area contributed by atoms with Crippen LogP contribution in [-0.2, 0) is 14.8 Å². The molecule has 0 saturated carbocycles. The minimum absolute atomic E-state index is 0.0931. The molecule has 0 aromatic heterocycles. The molecule has 0 fully saturated rings. The van der Waals surface area contributed by atoms with Gasteiger partial charge in [0, 0.05) is 11.6 Å². The molecule has 2 aromatic carbocycles. The Hall–Kier alpha value is -2.05. The van der Waals surface area contributed by atoms with Crippen LogP contribution in [0.4, 0.5) is 5.69 Å². The summed E-state index contributed by atoms with van der Waals surface area (Å²) in [5.74, 6) is 0.0817. The lowest BCUT2D eigenvalue weighted by atomic mass is 9.99. The quantitative estimate of drug-likeness (QED) is 0.513. The van der Waals surface area contributed by atoms with Gasteiger partial charge in [0.2, 0.25) is 5.91 Å². The van der Waals surface area contributed by atoms with Crippen molar-refractivity contribution in [2.24, 2.45) is 5.92 Å². The van der Waals surface area contributed by atoms with Crippen LogP contribution in [0.5, 0.6) is 0 Å². The van der Waals surface area contributed by atoms with Gasteiger partial charge in [-0.25, -0.2) is 8.42 Å². The van der Waals surface area contributed by atoms with Gasteiger partial charge >= 0.3 is 0 Å². The molecule has 0 unspecified atom stereocenters. The van der Waals surface area contributed by atoms with Gasteiger partial charge in [-0.1, -0.05) is 56.8 Å². The van der Waals surface area contributed by atoms with Crippen LogP contribution in [-0.4, -0.2) is 27.4 Å². The number of nitrogens with one attached hydrogen (secondary N) is 1. The Morgan fingerprint density at radius 1 is 1.13 bits per heavy atom. The summed E-state index contributed by atoms with van der Waals surface area (Å²) in [5, 5.41) is 3.37. The molecular formula is C23H31ClN2O3S. The molecule has 0 saturated heterocycles. The van der Waals surface area contributed by atoms with Gasteiger partial charge in [-0.2, -0.15) is 0 Å². The number of benzene rings is 2. The fourth-order valence-corrected chi connectivity index (χ4v) is 4.76. The molecular weight excluding hydrogens is 420 g/mol. The van der Waals surface area contributed by atoms with E-state index in [2.05, 4.69) is 19.2 Å². The zero-order valence-electron chi connectivity index (χ0n) is 17.9. The first-order chi connectivity index (χ1) is 14.3. The summed E-state index contributed by atoms with van der Waals surface area (Å²) in [6.07, 6.45) is 4.27. The first kappa shape index (κ1) is 24.2. The number of unbranched alkanes of at least 4 members (excludes halogenated alkanes) is 1. The van der Waals surface area contributed by atoms with Crippen LogP contribution in [0.15, 0.2) is 53.4 Å². The summed E-state index contributed by atoms with van der Waals surface area (Å²) in [5.41, 5.74) is 1.37. The summed E-state index contributed by atoms with van der Waals surface area (Å²) < 4.78 is 27.8. The topological polar surface area (TPSA) is 66.5 Å². The number of rotatable bonds is 11. The highest BCUT2D eigenvalue weighted by Gasteiger charge is 2.27. The number of halogens is 1. The van der Waals surface area contributed by atoms with Crippen molar-refractivity contribution >= 4 is 33.2 Å². The minimum Gasteiger partial charge on any atom is -0.354 e. The average Bonchev–Trinajstić information content (AvgIpc) is 2.72. The summed E-state index contributed by atoms with van der Waals surface area (Å²) >= 11 is 5.91. The molecule has 0 heterocycles. The number of aryl methyl sites for hydroxylation is 1. The van der Waals surface area contributed by atoms with Crippen LogP contribution in [0.25, 0.3) is 0 Å². The fraction of sp³-hybridized carbons (Fsp3) is 0.435. The first-order valence-corrected chi connectivity index (χ1v) is 12.2. The van der Waals surface area contributed by atoms with Crippen LogP contribution in [0.2, 0.25) is 5.02 Å². The van der Waals surface area contributed by atoms with Crippen LogP contribution >= 0.6 is 11.6 Å². The maximum absolute atomic E-state index is 13.3. The van der Waals surface area contributed by atoms with Crippen LogP contribution in [0, 0.1) is 12.8 Å². The number of hydrogen-bond acceptors (Lipinski definition) is 3. The maximum Gasteiger partial charge on any atom is 0.264 e. The lowest BCUT2D eigenvalue weighted by Crippen LogP contribution is -2.42. The van der Waals surface area contributed by atoms with E-state index in [-0.39, 0.29) is 17.3 Å². The molecule has 0 aliphatic rings. The molecule has 1 atom stereocenters. The fourth-order valence-electron chi connectivity index (χ4n) is 3.22. The number of sulfonamides is 1. The molecule has 0 radical (unpaired) electrons. The molecule has 0 bridgehead atoms. The Bertz CT molecular complexity index is 930. The van der Waals surface area contributed by atoms with Gasteiger partial charge in [0.25, 0.3) is 10.0 Å². The first-order valence-electron chi connectivity index (χ1n) is 10.4. The molecule has 2 aromatic rings. The van der Waals surface area contributed by atoms with Crippen LogP contribution < -0.4 is 9.62 Å². The van der Waals surface area contributed by atoms with Gasteiger partial charge in [0.15, 0.2) is 0 Å². The third-order valence-corrected chi connectivity index (χ3v) is 7.15. The van der Waals surface area contributed by atoms with E-state index in [4.69, 9.17) is 11.6 Å². The van der Waals surface area contributed by atoms with Gasteiger partial charge in [-0.05, 0) is 61.2 Å². The van der Waals surface area contributed by atoms with Gasteiger partial charge < -0.3 is 5.32 Å². The van der Waals surface area contributed by atoms with Crippen molar-refractivity contribution in [3.63, 3.8) is 0 Å². The molecule has 7 heteroatoms. The Morgan fingerprint density at radius 3 is 2.43 bits per heavy atom. The lowest BCUT2D eigenvalue weighted by molar-refractivity contribution is -0.119. The zero-order valence-corrected chi connectivity index (χ0v) is 19.5. The Balaban J connectivity index is 2.24. The van der Waals surface area contributed by atoms with E-state index in [1.165, 1.54) is 24.3 Å². The number of carbonyl (C=O) groups excluding carboxylic acids is 1. The predicted molar refractivity (Wildman–Crippen MR) is 123 cm³/mol. The summed E-state index contributed by atoms with van der Waals surface area (Å²) in [6.45, 7) is 6.41. The number of anilines is 1. The molecule has 164 valence electrons. The van der Waals surface area contributed by atoms with Crippen molar-refractivity contribution in [2.75, 3.05) is 17.4 Å². The van der Waals surface area contributed by atoms with Crippen LogP contribution in [0.1, 0.15) is 45.1 Å². The van der Waals surface area contributed by atoms with Crippen molar-refractivity contribution in [1.29, 1.82) is 0 Å². The zero-order chi connectivity index (χ0) is 22.1. The van der Waals surface area contributed by atoms with Gasteiger partial charge in [-0.15, -0.1) is 0 Å². The predicted octanol–water partition coefficient (Wildman–Crippen LogP) is 5.18. The summed E-state index contributed by atoms with van der Waals surface area (Å²) in [7, 11) is -3.93. The Labute approximate surface area is 185 Å². The molecule has 0 spiro atoms. The average molecular weight is 451 g/mol. The second-order valence-electron chi connectivity index (χ2n) is 7.53. The Morgan fingerprint density at radius 2 is 1.83 bits per heavy atom. The summed E-state index contributed by atoms with van der Waals surface area (Å²) in [4.78, 5) is 12.8. The van der Waals surface area contributed by atoms with E-state index in [0.29, 0.717) is 23.2 Å². The monoisotopic (exact) mass is 450 g/mol. The normalized spacial score (nSPS) is 12.4. The van der Waals surface area contributed by atoms with Crippen molar-refractivity contribution in [3.8, 4) is 0 Å². The number of carbonyl (C=O) groups is 1. The van der Waals surface area contributed by atoms with E-state index >= 15 is 0 Å². The van der Waals surface area contributed by atoms with Crippen molar-refractivity contribution < 1.29 is 13.2 Å². The SMILES string of the molecule is CCCC[C@@H](CC)CNC(=O)CN(c1cccc(C)c1)S(=O)(=O)c1ccc(Cl)cc1. The molecule has 30 heavy (non-hydrogen) atoms. The molecule has 0 aliphatic carbocycles. The third kappa shape index (κ3) is 6.74. The lowest BCUT2D eigenvalue weighted by Gasteiger charge is -2.25. The van der Waals surface area contributed by atoms with Crippen molar-refractivity contribution in [3.05, 3.63) is 59.1 Å². The van der Waals surface area contributed by atoms with Crippen LogP contribution in [0.3, 0.4) is 0 Å². The van der Waals surface area contributed by atoms with Gasteiger partial charge in [-0.3, -0.25) is 9.10 Å². The molecule has 0 aliphatic heterocycles. The number of hydrogen-bond donors (Lipinski definition) is 1. The van der Waals surface area contributed by atoms with E-state index in [1.54, 1.807) is 18.2 Å². The molecule has 5 nitrogen and oxygen atoms in total. The third-order valence-electron chi connectivity index (χ3n) is 5.11. The second-order valence-corrected chi connectivity index (χ2v) is 9.82. The minimum atomic E-state index is -3.93. The smallest absolute Gasteiger partial charge is 0.264 e. The van der Waals surface area contributed by atoms with Gasteiger partial charge in [0.05, 0.1) is 10.6 Å². The van der Waals surface area contributed by atoms with E-state index in [1.807, 2.05) is 13.0 Å². The number of amides is 1. The van der Waals surface area contributed by atoms with E-state index < -0.39 is 10.0 Å². The molecule has 2 rings (SSSR count). The number of nitrogens with zero attached hydrogens (tertiary/aromatic N) is 1.